The molecule has 0 spiro atoms. The van der Waals surface area contributed by atoms with E-state index in [0.29, 0.717) is 24.6 Å². The third kappa shape index (κ3) is 2.38. The molecule has 1 N–H and O–H groups in total. The smallest absolute Gasteiger partial charge is 0.255 e. The molecule has 2 aromatic rings. The van der Waals surface area contributed by atoms with Crippen molar-refractivity contribution in [3.05, 3.63) is 46.8 Å². The van der Waals surface area contributed by atoms with E-state index in [1.165, 1.54) is 36.4 Å². The fraction of sp³-hybridized carbons (Fsp3) is 0.438. The van der Waals surface area contributed by atoms with Gasteiger partial charge in [0, 0.05) is 37.3 Å². The molecule has 1 amide bonds. The lowest BCUT2D eigenvalue weighted by Gasteiger charge is -2.20. The van der Waals surface area contributed by atoms with Gasteiger partial charge in [-0.15, -0.1) is 0 Å². The van der Waals surface area contributed by atoms with E-state index in [0.717, 1.165) is 24.7 Å². The zero-order valence-corrected chi connectivity index (χ0v) is 12.2. The predicted molar refractivity (Wildman–Crippen MR) is 78.1 cm³/mol. The van der Waals surface area contributed by atoms with Crippen LogP contribution in [0.4, 0.5) is 4.39 Å². The summed E-state index contributed by atoms with van der Waals surface area (Å²) in [6, 6.07) is 1.25. The van der Waals surface area contributed by atoms with Crippen LogP contribution in [0.3, 0.4) is 0 Å². The van der Waals surface area contributed by atoms with E-state index in [4.69, 9.17) is 0 Å². The lowest BCUT2D eigenvalue weighted by atomic mass is 10.1. The highest BCUT2D eigenvalue weighted by molar-refractivity contribution is 5.94. The molecular formula is C16H17FN4O. The molecule has 0 saturated heterocycles. The number of fused-ring (bicyclic) bond motifs is 1. The maximum absolute atomic E-state index is 13.2. The molecule has 0 bridgehead atoms. The first-order chi connectivity index (χ1) is 10.7. The molecule has 114 valence electrons. The van der Waals surface area contributed by atoms with Crippen molar-refractivity contribution >= 4 is 5.91 Å². The van der Waals surface area contributed by atoms with E-state index >= 15 is 0 Å². The van der Waals surface area contributed by atoms with Gasteiger partial charge >= 0.3 is 0 Å². The Balaban J connectivity index is 1.53. The number of pyridine rings is 1. The average molecular weight is 300 g/mol. The molecule has 1 fully saturated rings. The summed E-state index contributed by atoms with van der Waals surface area (Å²) >= 11 is 0. The molecule has 4 rings (SSSR count). The van der Waals surface area contributed by atoms with Gasteiger partial charge in [-0.05, 0) is 30.9 Å². The van der Waals surface area contributed by atoms with Crippen molar-refractivity contribution in [1.82, 2.24) is 20.1 Å². The van der Waals surface area contributed by atoms with Crippen molar-refractivity contribution in [3.8, 4) is 0 Å². The fourth-order valence-corrected chi connectivity index (χ4v) is 3.12. The Morgan fingerprint density at radius 2 is 2.09 bits per heavy atom. The Morgan fingerprint density at radius 3 is 2.86 bits per heavy atom. The largest absolute Gasteiger partial charge is 0.338 e. The van der Waals surface area contributed by atoms with E-state index in [1.54, 1.807) is 4.90 Å². The van der Waals surface area contributed by atoms with Crippen LogP contribution in [-0.2, 0) is 12.8 Å². The van der Waals surface area contributed by atoms with E-state index in [9.17, 15) is 9.18 Å². The van der Waals surface area contributed by atoms with E-state index in [-0.39, 0.29) is 5.91 Å². The minimum absolute atomic E-state index is 0.155. The Hall–Kier alpha value is -2.24. The molecule has 0 unspecified atom stereocenters. The Bertz CT molecular complexity index is 723. The topological polar surface area (TPSA) is 61.9 Å². The Labute approximate surface area is 127 Å². The summed E-state index contributed by atoms with van der Waals surface area (Å²) in [5.41, 5.74) is 3.94. The van der Waals surface area contributed by atoms with Gasteiger partial charge in [0.25, 0.3) is 5.91 Å². The first-order valence-electron chi connectivity index (χ1n) is 7.68. The summed E-state index contributed by atoms with van der Waals surface area (Å²) in [5.74, 6) is -0.0288. The van der Waals surface area contributed by atoms with Crippen molar-refractivity contribution in [2.45, 2.75) is 31.6 Å². The van der Waals surface area contributed by atoms with E-state index in [2.05, 4.69) is 15.2 Å². The number of amides is 1. The Kier molecular flexibility index (Phi) is 3.17. The molecule has 22 heavy (non-hydrogen) atoms. The fourth-order valence-electron chi connectivity index (χ4n) is 3.12. The summed E-state index contributed by atoms with van der Waals surface area (Å²) in [7, 11) is 0. The zero-order chi connectivity index (χ0) is 15.1. The number of halogens is 1. The number of hydrogen-bond acceptors (Lipinski definition) is 3. The predicted octanol–water partition coefficient (Wildman–Crippen LogP) is 2.06. The maximum atomic E-state index is 13.2. The second-order valence-corrected chi connectivity index (χ2v) is 6.02. The van der Waals surface area contributed by atoms with Crippen LogP contribution >= 0.6 is 0 Å². The van der Waals surface area contributed by atoms with Gasteiger partial charge in [0.1, 0.15) is 5.82 Å². The lowest BCUT2D eigenvalue weighted by molar-refractivity contribution is 0.0761. The third-order valence-electron chi connectivity index (χ3n) is 4.45. The highest BCUT2D eigenvalue weighted by Crippen LogP contribution is 2.41. The SMILES string of the molecule is O=C(c1cncc(F)c1)N1CCc2[nH]nc(C3CC3)c2CC1. The van der Waals surface area contributed by atoms with Crippen LogP contribution in [0.1, 0.15) is 46.1 Å². The van der Waals surface area contributed by atoms with Crippen LogP contribution < -0.4 is 0 Å². The molecule has 3 heterocycles. The number of carbonyl (C=O) groups excluding carboxylic acids is 1. The standard InChI is InChI=1S/C16H17FN4O/c17-12-7-11(8-18-9-12)16(22)21-5-3-13-14(4-6-21)19-20-15(13)10-1-2-10/h7-10H,1-6H2,(H,19,20). The molecule has 1 aliphatic carbocycles. The highest BCUT2D eigenvalue weighted by atomic mass is 19.1. The van der Waals surface area contributed by atoms with Crippen molar-refractivity contribution in [2.24, 2.45) is 0 Å². The van der Waals surface area contributed by atoms with Gasteiger partial charge in [0.05, 0.1) is 17.5 Å². The number of aromatic amines is 1. The molecule has 5 nitrogen and oxygen atoms in total. The second kappa shape index (κ2) is 5.19. The van der Waals surface area contributed by atoms with Gasteiger partial charge in [-0.25, -0.2) is 4.39 Å². The van der Waals surface area contributed by atoms with Gasteiger partial charge in [0.2, 0.25) is 0 Å². The number of hydrogen-bond donors (Lipinski definition) is 1. The van der Waals surface area contributed by atoms with Crippen molar-refractivity contribution < 1.29 is 9.18 Å². The van der Waals surface area contributed by atoms with Crippen LogP contribution in [-0.4, -0.2) is 39.1 Å². The molecule has 6 heteroatoms. The molecule has 0 aromatic carbocycles. The van der Waals surface area contributed by atoms with Crippen LogP contribution in [0.15, 0.2) is 18.5 Å². The molecule has 2 aliphatic rings. The van der Waals surface area contributed by atoms with Crippen molar-refractivity contribution in [1.29, 1.82) is 0 Å². The van der Waals surface area contributed by atoms with E-state index in [1.807, 2.05) is 0 Å². The monoisotopic (exact) mass is 300 g/mol. The molecule has 0 atom stereocenters. The minimum Gasteiger partial charge on any atom is -0.338 e. The normalized spacial score (nSPS) is 18.0. The van der Waals surface area contributed by atoms with Crippen LogP contribution in [0, 0.1) is 5.82 Å². The number of nitrogens with one attached hydrogen (secondary N) is 1. The summed E-state index contributed by atoms with van der Waals surface area (Å²) in [5, 5.41) is 7.59. The van der Waals surface area contributed by atoms with E-state index < -0.39 is 5.82 Å². The summed E-state index contributed by atoms with van der Waals surface area (Å²) in [6.45, 7) is 1.26. The van der Waals surface area contributed by atoms with Crippen LogP contribution in [0.2, 0.25) is 0 Å². The van der Waals surface area contributed by atoms with Crippen molar-refractivity contribution in [3.63, 3.8) is 0 Å². The summed E-state index contributed by atoms with van der Waals surface area (Å²) in [4.78, 5) is 18.0. The minimum atomic E-state index is -0.480. The highest BCUT2D eigenvalue weighted by Gasteiger charge is 2.31. The molecular weight excluding hydrogens is 283 g/mol. The van der Waals surface area contributed by atoms with Gasteiger partial charge in [-0.2, -0.15) is 5.10 Å². The van der Waals surface area contributed by atoms with Gasteiger partial charge in [-0.1, -0.05) is 0 Å². The number of rotatable bonds is 2. The first-order valence-corrected chi connectivity index (χ1v) is 7.68. The number of H-pyrrole nitrogens is 1. The average Bonchev–Trinajstić information content (AvgIpc) is 3.32. The second-order valence-electron chi connectivity index (χ2n) is 6.02. The molecule has 1 aliphatic heterocycles. The van der Waals surface area contributed by atoms with Gasteiger partial charge in [-0.3, -0.25) is 14.9 Å². The van der Waals surface area contributed by atoms with Gasteiger partial charge in [0.15, 0.2) is 0 Å². The summed E-state index contributed by atoms with van der Waals surface area (Å²) in [6.07, 6.45) is 6.55. The Morgan fingerprint density at radius 1 is 1.27 bits per heavy atom. The molecule has 2 aromatic heterocycles. The number of aromatic nitrogens is 3. The van der Waals surface area contributed by atoms with Crippen LogP contribution in [0.5, 0.6) is 0 Å². The van der Waals surface area contributed by atoms with Crippen molar-refractivity contribution in [2.75, 3.05) is 13.1 Å². The molecule has 1 saturated carbocycles. The third-order valence-corrected chi connectivity index (χ3v) is 4.45. The maximum Gasteiger partial charge on any atom is 0.255 e. The van der Waals surface area contributed by atoms with Gasteiger partial charge < -0.3 is 4.90 Å². The first kappa shape index (κ1) is 13.4. The zero-order valence-electron chi connectivity index (χ0n) is 12.2. The number of carbonyl (C=O) groups is 1. The van der Waals surface area contributed by atoms with Crippen LogP contribution in [0.25, 0.3) is 0 Å². The number of nitrogens with zero attached hydrogens (tertiary/aromatic N) is 3. The quantitative estimate of drug-likeness (QED) is 0.923. The lowest BCUT2D eigenvalue weighted by Crippen LogP contribution is -2.33. The molecule has 0 radical (unpaired) electrons. The summed E-state index contributed by atoms with van der Waals surface area (Å²) < 4.78 is 13.2.